The molecule has 0 aliphatic carbocycles. The maximum atomic E-state index is 12.9. The van der Waals surface area contributed by atoms with Crippen molar-refractivity contribution in [2.24, 2.45) is 0 Å². The SMILES string of the molecule is COC1(CNS(=O)(=O)c2cccc3ccccc23)CCN(S(C)(=O)=O)CC1. The summed E-state index contributed by atoms with van der Waals surface area (Å²) in [5.41, 5.74) is -0.723. The van der Waals surface area contributed by atoms with Gasteiger partial charge in [-0.05, 0) is 24.3 Å². The van der Waals surface area contributed by atoms with Crippen molar-refractivity contribution in [2.45, 2.75) is 23.3 Å². The molecule has 1 saturated heterocycles. The van der Waals surface area contributed by atoms with Crippen LogP contribution in [0, 0.1) is 0 Å². The summed E-state index contributed by atoms with van der Waals surface area (Å²) >= 11 is 0. The first-order valence-electron chi connectivity index (χ1n) is 8.65. The van der Waals surface area contributed by atoms with E-state index in [1.165, 1.54) is 17.7 Å². The van der Waals surface area contributed by atoms with Crippen molar-refractivity contribution >= 4 is 30.8 Å². The van der Waals surface area contributed by atoms with Gasteiger partial charge >= 0.3 is 0 Å². The third-order valence-corrected chi connectivity index (χ3v) is 7.92. The van der Waals surface area contributed by atoms with Crippen molar-refractivity contribution in [3.63, 3.8) is 0 Å². The first-order chi connectivity index (χ1) is 12.7. The summed E-state index contributed by atoms with van der Waals surface area (Å²) in [5, 5.41) is 1.51. The Morgan fingerprint density at radius 1 is 1.04 bits per heavy atom. The number of nitrogens with zero attached hydrogens (tertiary/aromatic N) is 1. The van der Waals surface area contributed by atoms with E-state index < -0.39 is 25.6 Å². The summed E-state index contributed by atoms with van der Waals surface area (Å²) in [6, 6.07) is 12.5. The van der Waals surface area contributed by atoms with Gasteiger partial charge in [0.2, 0.25) is 20.0 Å². The predicted molar refractivity (Wildman–Crippen MR) is 105 cm³/mol. The molecule has 0 unspecified atom stereocenters. The Morgan fingerprint density at radius 2 is 1.67 bits per heavy atom. The number of benzene rings is 2. The molecular weight excluding hydrogens is 388 g/mol. The second-order valence-electron chi connectivity index (χ2n) is 6.85. The van der Waals surface area contributed by atoms with Crippen LogP contribution in [0.5, 0.6) is 0 Å². The van der Waals surface area contributed by atoms with Gasteiger partial charge in [0.25, 0.3) is 0 Å². The van der Waals surface area contributed by atoms with Crippen LogP contribution in [0.15, 0.2) is 47.4 Å². The summed E-state index contributed by atoms with van der Waals surface area (Å²) in [7, 11) is -5.46. The van der Waals surface area contributed by atoms with Gasteiger partial charge in [0.05, 0.1) is 16.8 Å². The lowest BCUT2D eigenvalue weighted by molar-refractivity contribution is -0.0401. The number of hydrogen-bond donors (Lipinski definition) is 1. The van der Waals surface area contributed by atoms with Crippen LogP contribution in [0.3, 0.4) is 0 Å². The second kappa shape index (κ2) is 7.48. The molecular formula is C18H24N2O5S2. The van der Waals surface area contributed by atoms with Crippen LogP contribution >= 0.6 is 0 Å². The van der Waals surface area contributed by atoms with Gasteiger partial charge < -0.3 is 4.74 Å². The molecule has 1 N–H and O–H groups in total. The number of hydrogen-bond acceptors (Lipinski definition) is 5. The van der Waals surface area contributed by atoms with Crippen LogP contribution in [-0.2, 0) is 24.8 Å². The number of sulfonamides is 2. The molecule has 0 aromatic heterocycles. The quantitative estimate of drug-likeness (QED) is 0.777. The molecule has 0 amide bonds. The van der Waals surface area contributed by atoms with E-state index in [-0.39, 0.29) is 11.4 Å². The topological polar surface area (TPSA) is 92.8 Å². The fourth-order valence-corrected chi connectivity index (χ4v) is 5.60. The Hall–Kier alpha value is -1.52. The van der Waals surface area contributed by atoms with E-state index in [1.807, 2.05) is 18.2 Å². The maximum absolute atomic E-state index is 12.9. The van der Waals surface area contributed by atoms with Gasteiger partial charge in [-0.3, -0.25) is 0 Å². The summed E-state index contributed by atoms with van der Waals surface area (Å²) in [6.45, 7) is 0.706. The molecule has 1 fully saturated rings. The van der Waals surface area contributed by atoms with Crippen LogP contribution in [0.4, 0.5) is 0 Å². The van der Waals surface area contributed by atoms with Gasteiger partial charge in [-0.2, -0.15) is 0 Å². The molecule has 1 aliphatic rings. The average molecular weight is 413 g/mol. The molecule has 27 heavy (non-hydrogen) atoms. The molecule has 3 rings (SSSR count). The highest BCUT2D eigenvalue weighted by Gasteiger charge is 2.38. The fourth-order valence-electron chi connectivity index (χ4n) is 3.41. The number of fused-ring (bicyclic) bond motifs is 1. The lowest BCUT2D eigenvalue weighted by atomic mass is 9.92. The number of methoxy groups -OCH3 is 1. The van der Waals surface area contributed by atoms with E-state index in [0.29, 0.717) is 31.3 Å². The Bertz CT molecular complexity index is 1020. The van der Waals surface area contributed by atoms with E-state index in [1.54, 1.807) is 24.3 Å². The molecule has 2 aromatic carbocycles. The van der Waals surface area contributed by atoms with Crippen molar-refractivity contribution in [1.29, 1.82) is 0 Å². The largest absolute Gasteiger partial charge is 0.377 e. The fraction of sp³-hybridized carbons (Fsp3) is 0.444. The zero-order valence-corrected chi connectivity index (χ0v) is 17.0. The zero-order chi connectivity index (χ0) is 19.7. The minimum absolute atomic E-state index is 0.0899. The lowest BCUT2D eigenvalue weighted by Crippen LogP contribution is -2.52. The van der Waals surface area contributed by atoms with Crippen LogP contribution in [0.2, 0.25) is 0 Å². The zero-order valence-electron chi connectivity index (χ0n) is 15.4. The highest BCUT2D eigenvalue weighted by molar-refractivity contribution is 7.89. The second-order valence-corrected chi connectivity index (χ2v) is 10.6. The van der Waals surface area contributed by atoms with E-state index >= 15 is 0 Å². The molecule has 0 saturated carbocycles. The highest BCUT2D eigenvalue weighted by Crippen LogP contribution is 2.28. The molecule has 148 valence electrons. The Labute approximate surface area is 160 Å². The van der Waals surface area contributed by atoms with Crippen molar-refractivity contribution in [3.05, 3.63) is 42.5 Å². The summed E-state index contributed by atoms with van der Waals surface area (Å²) < 4.78 is 58.8. The summed E-state index contributed by atoms with van der Waals surface area (Å²) in [5.74, 6) is 0. The van der Waals surface area contributed by atoms with Crippen LogP contribution in [0.1, 0.15) is 12.8 Å². The molecule has 1 heterocycles. The Kier molecular flexibility index (Phi) is 5.60. The van der Waals surface area contributed by atoms with Crippen molar-refractivity contribution < 1.29 is 21.6 Å². The monoisotopic (exact) mass is 412 g/mol. The normalized spacial score (nSPS) is 18.6. The number of nitrogens with one attached hydrogen (secondary N) is 1. The Balaban J connectivity index is 1.78. The third kappa shape index (κ3) is 4.33. The minimum atomic E-state index is -3.74. The molecule has 2 aromatic rings. The number of ether oxygens (including phenoxy) is 1. The summed E-state index contributed by atoms with van der Waals surface area (Å²) in [6.07, 6.45) is 2.03. The van der Waals surface area contributed by atoms with Gasteiger partial charge in [0.15, 0.2) is 0 Å². The van der Waals surface area contributed by atoms with Gasteiger partial charge in [0, 0.05) is 32.1 Å². The lowest BCUT2D eigenvalue weighted by Gasteiger charge is -2.39. The summed E-state index contributed by atoms with van der Waals surface area (Å²) in [4.78, 5) is 0.223. The van der Waals surface area contributed by atoms with Gasteiger partial charge in [-0.1, -0.05) is 36.4 Å². The molecule has 0 atom stereocenters. The van der Waals surface area contributed by atoms with Gasteiger partial charge in [-0.25, -0.2) is 25.9 Å². The van der Waals surface area contributed by atoms with Gasteiger partial charge in [0.1, 0.15) is 0 Å². The van der Waals surface area contributed by atoms with E-state index in [0.717, 1.165) is 5.39 Å². The first kappa shape index (κ1) is 20.2. The van der Waals surface area contributed by atoms with E-state index in [4.69, 9.17) is 4.74 Å². The van der Waals surface area contributed by atoms with Crippen LogP contribution < -0.4 is 4.72 Å². The molecule has 0 spiro atoms. The number of rotatable bonds is 6. The smallest absolute Gasteiger partial charge is 0.241 e. The maximum Gasteiger partial charge on any atom is 0.241 e. The highest BCUT2D eigenvalue weighted by atomic mass is 32.2. The third-order valence-electron chi connectivity index (χ3n) is 5.16. The molecule has 1 aliphatic heterocycles. The molecule has 9 heteroatoms. The minimum Gasteiger partial charge on any atom is -0.377 e. The first-order valence-corrected chi connectivity index (χ1v) is 12.0. The average Bonchev–Trinajstić information content (AvgIpc) is 2.65. The number of piperidine rings is 1. The van der Waals surface area contributed by atoms with Crippen LogP contribution in [-0.4, -0.2) is 59.7 Å². The molecule has 0 radical (unpaired) electrons. The van der Waals surface area contributed by atoms with Crippen molar-refractivity contribution in [1.82, 2.24) is 9.03 Å². The van der Waals surface area contributed by atoms with Crippen molar-refractivity contribution in [2.75, 3.05) is 33.0 Å². The van der Waals surface area contributed by atoms with Crippen molar-refractivity contribution in [3.8, 4) is 0 Å². The van der Waals surface area contributed by atoms with Crippen LogP contribution in [0.25, 0.3) is 10.8 Å². The molecule has 0 bridgehead atoms. The standard InChI is InChI=1S/C18H24N2O5S2/c1-25-18(10-12-20(13-11-18)26(2,21)22)14-19-27(23,24)17-9-5-7-15-6-3-4-8-16(15)17/h3-9,19H,10-14H2,1-2H3. The Morgan fingerprint density at radius 3 is 2.30 bits per heavy atom. The van der Waals surface area contributed by atoms with E-state index in [9.17, 15) is 16.8 Å². The van der Waals surface area contributed by atoms with E-state index in [2.05, 4.69) is 4.72 Å². The molecule has 7 nitrogen and oxygen atoms in total. The predicted octanol–water partition coefficient (Wildman–Crippen LogP) is 1.56. The van der Waals surface area contributed by atoms with Gasteiger partial charge in [-0.15, -0.1) is 0 Å².